The fraction of sp³-hybridized carbons (Fsp3) is 0.154. The van der Waals surface area contributed by atoms with Crippen molar-refractivity contribution in [2.45, 2.75) is 13.3 Å². The van der Waals surface area contributed by atoms with Gasteiger partial charge in [0.1, 0.15) is 5.75 Å². The van der Waals surface area contributed by atoms with Crippen LogP contribution >= 0.6 is 69.6 Å². The molecule has 0 N–H and O–H groups in total. The summed E-state index contributed by atoms with van der Waals surface area (Å²) < 4.78 is 5.53. The first-order valence-electron chi connectivity index (χ1n) is 11.2. The fourth-order valence-corrected chi connectivity index (χ4v) is 5.90. The molecule has 0 aromatic heterocycles. The van der Waals surface area contributed by atoms with Gasteiger partial charge >= 0.3 is 5.97 Å². The molecule has 7 nitrogen and oxygen atoms in total. The molecular formula is C26H14Cl6N2O5. The number of hydrogen-bond donors (Lipinski definition) is 0. The van der Waals surface area contributed by atoms with E-state index in [0.717, 1.165) is 4.90 Å². The fourth-order valence-electron chi connectivity index (χ4n) is 4.50. The van der Waals surface area contributed by atoms with Gasteiger partial charge in [0.25, 0.3) is 11.8 Å². The Labute approximate surface area is 252 Å². The number of imide groups is 1. The van der Waals surface area contributed by atoms with Crippen molar-refractivity contribution < 1.29 is 23.9 Å². The van der Waals surface area contributed by atoms with Gasteiger partial charge in [-0.1, -0.05) is 69.6 Å². The van der Waals surface area contributed by atoms with E-state index in [1.165, 1.54) is 23.1 Å². The third kappa shape index (κ3) is 4.75. The van der Waals surface area contributed by atoms with Gasteiger partial charge < -0.3 is 9.64 Å². The Bertz CT molecular complexity index is 1580. The molecule has 3 aromatic rings. The van der Waals surface area contributed by atoms with Crippen LogP contribution in [0.4, 0.5) is 11.4 Å². The highest BCUT2D eigenvalue weighted by atomic mass is 35.5. The lowest BCUT2D eigenvalue weighted by Gasteiger charge is -2.19. The maximum atomic E-state index is 13.2. The average molecular weight is 647 g/mol. The number of amides is 3. The van der Waals surface area contributed by atoms with Crippen LogP contribution in [0.25, 0.3) is 0 Å². The minimum Gasteiger partial charge on any atom is -0.426 e. The minimum atomic E-state index is -0.748. The number of nitrogens with zero attached hydrogens (tertiary/aromatic N) is 2. The van der Waals surface area contributed by atoms with E-state index >= 15 is 0 Å². The molecule has 13 heteroatoms. The lowest BCUT2D eigenvalue weighted by Crippen LogP contribution is -2.30. The van der Waals surface area contributed by atoms with Crippen molar-refractivity contribution in [3.63, 3.8) is 0 Å². The second-order valence-corrected chi connectivity index (χ2v) is 11.2. The number of ether oxygens (including phenoxy) is 1. The van der Waals surface area contributed by atoms with Crippen LogP contribution in [-0.2, 0) is 9.59 Å². The van der Waals surface area contributed by atoms with Gasteiger partial charge in [-0.25, -0.2) is 4.90 Å². The molecule has 0 saturated carbocycles. The molecule has 2 aliphatic rings. The lowest BCUT2D eigenvalue weighted by atomic mass is 10.1. The molecule has 0 unspecified atom stereocenters. The van der Waals surface area contributed by atoms with E-state index in [1.54, 1.807) is 25.1 Å². The summed E-state index contributed by atoms with van der Waals surface area (Å²) in [6.07, 6.45) is -0.0690. The van der Waals surface area contributed by atoms with E-state index in [4.69, 9.17) is 74.3 Å². The second kappa shape index (κ2) is 10.5. The molecule has 1 saturated heterocycles. The number of esters is 1. The van der Waals surface area contributed by atoms with Crippen molar-refractivity contribution in [1.29, 1.82) is 0 Å². The number of carbonyl (C=O) groups excluding carboxylic acids is 4. The first-order chi connectivity index (χ1) is 18.4. The molecule has 2 aliphatic heterocycles. The van der Waals surface area contributed by atoms with Gasteiger partial charge in [0.05, 0.1) is 53.5 Å². The zero-order valence-corrected chi connectivity index (χ0v) is 24.2. The number of anilines is 2. The van der Waals surface area contributed by atoms with E-state index in [0.29, 0.717) is 21.3 Å². The third-order valence-electron chi connectivity index (χ3n) is 6.39. The van der Waals surface area contributed by atoms with Crippen LogP contribution in [0.3, 0.4) is 0 Å². The van der Waals surface area contributed by atoms with Gasteiger partial charge in [-0.3, -0.25) is 19.2 Å². The maximum absolute atomic E-state index is 13.2. The molecule has 1 fully saturated rings. The Morgan fingerprint density at radius 1 is 0.821 bits per heavy atom. The quantitative estimate of drug-likeness (QED) is 0.0955. The monoisotopic (exact) mass is 644 g/mol. The maximum Gasteiger partial charge on any atom is 0.316 e. The van der Waals surface area contributed by atoms with Crippen LogP contribution in [0.1, 0.15) is 32.7 Å². The summed E-state index contributed by atoms with van der Waals surface area (Å²) in [7, 11) is 0. The number of fused-ring (bicyclic) bond motifs is 1. The van der Waals surface area contributed by atoms with Gasteiger partial charge in [-0.2, -0.15) is 0 Å². The van der Waals surface area contributed by atoms with E-state index in [1.807, 2.05) is 0 Å². The van der Waals surface area contributed by atoms with Gasteiger partial charge in [-0.15, -0.1) is 0 Å². The summed E-state index contributed by atoms with van der Waals surface area (Å²) in [5.74, 6) is -2.96. The topological polar surface area (TPSA) is 84.0 Å². The number of hydrogen-bond acceptors (Lipinski definition) is 5. The first kappa shape index (κ1) is 28.0. The Morgan fingerprint density at radius 2 is 1.44 bits per heavy atom. The smallest absolute Gasteiger partial charge is 0.316 e. The largest absolute Gasteiger partial charge is 0.426 e. The summed E-state index contributed by atoms with van der Waals surface area (Å²) >= 11 is 36.8. The standard InChI is InChI=1S/C26H14Cl6N2O5/c1-10-6-13(39-26(38)11-7-17(35)33(9-11)16-8-12(27)2-4-14(16)28)3-5-15(10)34-24(36)18-19(25(34)37)21(30)23(32)22(31)20(18)29/h2-6,8,11H,7,9H2,1H3/t11-/m1/s1. The van der Waals surface area contributed by atoms with Gasteiger partial charge in [-0.05, 0) is 48.9 Å². The molecule has 200 valence electrons. The highest BCUT2D eigenvalue weighted by molar-refractivity contribution is 6.56. The second-order valence-electron chi connectivity index (χ2n) is 8.82. The van der Waals surface area contributed by atoms with Crippen LogP contribution in [0.2, 0.25) is 30.1 Å². The van der Waals surface area contributed by atoms with Crippen molar-refractivity contribution in [1.82, 2.24) is 0 Å². The van der Waals surface area contributed by atoms with Crippen LogP contribution in [0, 0.1) is 12.8 Å². The predicted molar refractivity (Wildman–Crippen MR) is 151 cm³/mol. The van der Waals surface area contributed by atoms with Crippen LogP contribution in [0.15, 0.2) is 36.4 Å². The zero-order chi connectivity index (χ0) is 28.3. The van der Waals surface area contributed by atoms with Crippen molar-refractivity contribution in [2.75, 3.05) is 16.3 Å². The molecule has 1 atom stereocenters. The normalized spacial score (nSPS) is 16.8. The number of aryl methyl sites for hydroxylation is 1. The third-order valence-corrected chi connectivity index (χ3v) is 8.74. The average Bonchev–Trinajstić information content (AvgIpc) is 3.40. The van der Waals surface area contributed by atoms with E-state index in [-0.39, 0.29) is 61.5 Å². The van der Waals surface area contributed by atoms with Crippen molar-refractivity contribution in [2.24, 2.45) is 5.92 Å². The Balaban J connectivity index is 1.35. The van der Waals surface area contributed by atoms with Crippen molar-refractivity contribution in [3.05, 3.63) is 83.2 Å². The molecule has 2 heterocycles. The number of carbonyl (C=O) groups is 4. The number of benzene rings is 3. The Kier molecular flexibility index (Phi) is 7.52. The molecule has 3 amide bonds. The van der Waals surface area contributed by atoms with Crippen molar-refractivity contribution in [3.8, 4) is 5.75 Å². The van der Waals surface area contributed by atoms with E-state index < -0.39 is 23.7 Å². The Morgan fingerprint density at radius 3 is 2.03 bits per heavy atom. The van der Waals surface area contributed by atoms with Crippen molar-refractivity contribution >= 4 is 105 Å². The molecule has 0 aliphatic carbocycles. The first-order valence-corrected chi connectivity index (χ1v) is 13.5. The number of halogens is 6. The molecule has 0 spiro atoms. The molecule has 3 aromatic carbocycles. The highest BCUT2D eigenvalue weighted by Gasteiger charge is 2.43. The van der Waals surface area contributed by atoms with Crippen LogP contribution in [-0.4, -0.2) is 30.2 Å². The Hall–Kier alpha value is -2.52. The zero-order valence-electron chi connectivity index (χ0n) is 19.7. The van der Waals surface area contributed by atoms with Crippen LogP contribution in [0.5, 0.6) is 5.75 Å². The molecule has 0 radical (unpaired) electrons. The number of rotatable bonds is 4. The summed E-state index contributed by atoms with van der Waals surface area (Å²) in [4.78, 5) is 54.2. The molecule has 39 heavy (non-hydrogen) atoms. The van der Waals surface area contributed by atoms with Gasteiger partial charge in [0, 0.05) is 18.0 Å². The lowest BCUT2D eigenvalue weighted by molar-refractivity contribution is -0.139. The van der Waals surface area contributed by atoms with E-state index in [9.17, 15) is 19.2 Å². The summed E-state index contributed by atoms with van der Waals surface area (Å²) in [6, 6.07) is 9.09. The SMILES string of the molecule is Cc1cc(OC(=O)[C@@H]2CC(=O)N(c3cc(Cl)ccc3Cl)C2)ccc1N1C(=O)c2c(Cl)c(Cl)c(Cl)c(Cl)c2C1=O. The minimum absolute atomic E-state index is 0.0659. The summed E-state index contributed by atoms with van der Waals surface area (Å²) in [5, 5.41) is 0.107. The molecular weight excluding hydrogens is 633 g/mol. The molecule has 5 rings (SSSR count). The molecule has 0 bridgehead atoms. The predicted octanol–water partition coefficient (Wildman–Crippen LogP) is 7.67. The summed E-state index contributed by atoms with van der Waals surface area (Å²) in [6.45, 7) is 1.69. The van der Waals surface area contributed by atoms with Crippen LogP contribution < -0.4 is 14.5 Å². The highest BCUT2D eigenvalue weighted by Crippen LogP contribution is 2.46. The summed E-state index contributed by atoms with van der Waals surface area (Å²) in [5.41, 5.74) is 0.776. The van der Waals surface area contributed by atoms with E-state index in [2.05, 4.69) is 0 Å². The van der Waals surface area contributed by atoms with Gasteiger partial charge in [0.15, 0.2) is 0 Å². The van der Waals surface area contributed by atoms with Gasteiger partial charge in [0.2, 0.25) is 5.91 Å².